The molecule has 0 bridgehead atoms. The molecule has 4 rings (SSSR count). The molecule has 1 amide bonds. The molecule has 0 atom stereocenters. The molecule has 156 valence electrons. The number of ether oxygens (including phenoxy) is 1. The number of thiophene rings is 1. The first-order chi connectivity index (χ1) is 14.5. The third kappa shape index (κ3) is 3.99. The summed E-state index contributed by atoms with van der Waals surface area (Å²) in [6, 6.07) is 8.05. The molecule has 9 heteroatoms. The summed E-state index contributed by atoms with van der Waals surface area (Å²) in [6.07, 6.45) is 2.82. The summed E-state index contributed by atoms with van der Waals surface area (Å²) in [5.74, 6) is 0.326. The van der Waals surface area contributed by atoms with E-state index in [0.29, 0.717) is 15.7 Å². The number of aromatic nitrogens is 3. The Morgan fingerprint density at radius 2 is 2.10 bits per heavy atom. The van der Waals surface area contributed by atoms with Gasteiger partial charge in [-0.2, -0.15) is 0 Å². The zero-order valence-corrected chi connectivity index (χ0v) is 18.7. The summed E-state index contributed by atoms with van der Waals surface area (Å²) in [4.78, 5) is 26.1. The van der Waals surface area contributed by atoms with Crippen molar-refractivity contribution < 1.29 is 14.3 Å². The number of thioether (sulfide) groups is 1. The summed E-state index contributed by atoms with van der Waals surface area (Å²) in [5, 5.41) is 12.5. The van der Waals surface area contributed by atoms with Crippen molar-refractivity contribution in [3.63, 3.8) is 0 Å². The lowest BCUT2D eigenvalue weighted by Crippen LogP contribution is -2.16. The van der Waals surface area contributed by atoms with Crippen LogP contribution in [0.5, 0.6) is 0 Å². The van der Waals surface area contributed by atoms with Gasteiger partial charge in [-0.3, -0.25) is 9.36 Å². The van der Waals surface area contributed by atoms with Gasteiger partial charge < -0.3 is 10.1 Å². The van der Waals surface area contributed by atoms with Gasteiger partial charge in [0.1, 0.15) is 10.8 Å². The van der Waals surface area contributed by atoms with E-state index in [0.717, 1.165) is 46.8 Å². The number of rotatable bonds is 6. The second-order valence-electron chi connectivity index (χ2n) is 7.09. The van der Waals surface area contributed by atoms with Crippen LogP contribution in [0.3, 0.4) is 0 Å². The third-order valence-corrected chi connectivity index (χ3v) is 7.09. The number of aryl methyl sites for hydroxylation is 3. The molecule has 1 aliphatic rings. The highest BCUT2D eigenvalue weighted by molar-refractivity contribution is 7.99. The predicted molar refractivity (Wildman–Crippen MR) is 118 cm³/mol. The highest BCUT2D eigenvalue weighted by Gasteiger charge is 2.28. The Bertz CT molecular complexity index is 1120. The molecule has 2 heterocycles. The number of benzene rings is 1. The van der Waals surface area contributed by atoms with Crippen LogP contribution < -0.4 is 5.32 Å². The topological polar surface area (TPSA) is 86.1 Å². The Labute approximate surface area is 182 Å². The minimum Gasteiger partial charge on any atom is -0.465 e. The first kappa shape index (κ1) is 20.6. The maximum atomic E-state index is 12.6. The van der Waals surface area contributed by atoms with E-state index in [1.54, 1.807) is 0 Å². The van der Waals surface area contributed by atoms with Gasteiger partial charge in [-0.25, -0.2) is 4.79 Å². The molecule has 0 saturated heterocycles. The van der Waals surface area contributed by atoms with Crippen LogP contribution in [-0.2, 0) is 22.4 Å². The number of amides is 1. The van der Waals surface area contributed by atoms with Gasteiger partial charge in [0, 0.05) is 10.6 Å². The molecule has 7 nitrogen and oxygen atoms in total. The van der Waals surface area contributed by atoms with Crippen molar-refractivity contribution in [1.29, 1.82) is 0 Å². The number of hydrogen-bond acceptors (Lipinski definition) is 7. The van der Waals surface area contributed by atoms with Crippen molar-refractivity contribution in [2.45, 2.75) is 38.3 Å². The fourth-order valence-electron chi connectivity index (χ4n) is 3.60. The largest absolute Gasteiger partial charge is 0.465 e. The molecule has 1 N–H and O–H groups in total. The van der Waals surface area contributed by atoms with Gasteiger partial charge in [0.15, 0.2) is 5.16 Å². The highest BCUT2D eigenvalue weighted by Crippen LogP contribution is 2.39. The minimum absolute atomic E-state index is 0.160. The van der Waals surface area contributed by atoms with E-state index in [1.807, 2.05) is 36.6 Å². The number of fused-ring (bicyclic) bond motifs is 1. The summed E-state index contributed by atoms with van der Waals surface area (Å²) >= 11 is 2.79. The number of anilines is 1. The molecule has 0 saturated carbocycles. The van der Waals surface area contributed by atoms with E-state index in [4.69, 9.17) is 4.74 Å². The zero-order valence-electron chi connectivity index (χ0n) is 17.0. The Morgan fingerprint density at radius 3 is 2.87 bits per heavy atom. The van der Waals surface area contributed by atoms with Crippen LogP contribution in [0.25, 0.3) is 5.69 Å². The number of methoxy groups -OCH3 is 1. The zero-order chi connectivity index (χ0) is 21.3. The van der Waals surface area contributed by atoms with Gasteiger partial charge in [0.05, 0.1) is 18.4 Å². The minimum atomic E-state index is -0.396. The number of nitrogens with one attached hydrogen (secondary N) is 1. The Balaban J connectivity index is 1.49. The normalized spacial score (nSPS) is 12.6. The quantitative estimate of drug-likeness (QED) is 0.460. The fraction of sp³-hybridized carbons (Fsp3) is 0.333. The first-order valence-electron chi connectivity index (χ1n) is 9.62. The number of carbonyl (C=O) groups is 2. The lowest BCUT2D eigenvalue weighted by Gasteiger charge is -2.09. The average Bonchev–Trinajstić information content (AvgIpc) is 3.40. The number of carbonyl (C=O) groups excluding carboxylic acids is 2. The van der Waals surface area contributed by atoms with E-state index >= 15 is 0 Å². The number of nitrogens with zero attached hydrogens (tertiary/aromatic N) is 3. The highest BCUT2D eigenvalue weighted by atomic mass is 32.2. The lowest BCUT2D eigenvalue weighted by molar-refractivity contribution is -0.113. The van der Waals surface area contributed by atoms with Gasteiger partial charge in [-0.1, -0.05) is 23.9 Å². The summed E-state index contributed by atoms with van der Waals surface area (Å²) < 4.78 is 6.87. The number of hydrogen-bond donors (Lipinski definition) is 1. The lowest BCUT2D eigenvalue weighted by atomic mass is 10.1. The summed E-state index contributed by atoms with van der Waals surface area (Å²) in [7, 11) is 1.36. The van der Waals surface area contributed by atoms with E-state index in [2.05, 4.69) is 21.6 Å². The smallest absolute Gasteiger partial charge is 0.341 e. The van der Waals surface area contributed by atoms with Crippen LogP contribution in [-0.4, -0.2) is 39.5 Å². The molecule has 0 aliphatic heterocycles. The van der Waals surface area contributed by atoms with Gasteiger partial charge in [-0.05, 0) is 56.4 Å². The van der Waals surface area contributed by atoms with Crippen LogP contribution in [0, 0.1) is 13.8 Å². The molecule has 1 aromatic carbocycles. The van der Waals surface area contributed by atoms with E-state index in [1.165, 1.54) is 30.2 Å². The van der Waals surface area contributed by atoms with Gasteiger partial charge >= 0.3 is 5.97 Å². The molecular weight excluding hydrogens is 420 g/mol. The fourth-order valence-corrected chi connectivity index (χ4v) is 5.70. The van der Waals surface area contributed by atoms with Gasteiger partial charge in [0.25, 0.3) is 0 Å². The molecule has 0 unspecified atom stereocenters. The standard InChI is InChI=1S/C21H22N4O3S2/c1-12-6-4-7-14(10-12)25-13(2)23-24-21(25)29-11-17(26)22-19-18(20(27)28-3)15-8-5-9-16(15)30-19/h4,6-7,10H,5,8-9,11H2,1-3H3,(H,22,26). The molecule has 0 radical (unpaired) electrons. The van der Waals surface area contributed by atoms with Gasteiger partial charge in [0.2, 0.25) is 5.91 Å². The van der Waals surface area contributed by atoms with Crippen LogP contribution in [0.2, 0.25) is 0 Å². The molecule has 30 heavy (non-hydrogen) atoms. The summed E-state index contributed by atoms with van der Waals surface area (Å²) in [5.41, 5.74) is 3.62. The maximum absolute atomic E-state index is 12.6. The predicted octanol–water partition coefficient (Wildman–Crippen LogP) is 3.95. The van der Waals surface area contributed by atoms with Crippen LogP contribution in [0.15, 0.2) is 29.4 Å². The van der Waals surface area contributed by atoms with Crippen molar-refractivity contribution in [2.75, 3.05) is 18.2 Å². The molecule has 2 aromatic heterocycles. The van der Waals surface area contributed by atoms with Crippen LogP contribution in [0.4, 0.5) is 5.00 Å². The maximum Gasteiger partial charge on any atom is 0.341 e. The van der Waals surface area contributed by atoms with Crippen molar-refractivity contribution in [2.24, 2.45) is 0 Å². The van der Waals surface area contributed by atoms with Crippen LogP contribution >= 0.6 is 23.1 Å². The monoisotopic (exact) mass is 442 g/mol. The molecule has 3 aromatic rings. The Kier molecular flexibility index (Phi) is 5.92. The van der Waals surface area contributed by atoms with Crippen molar-refractivity contribution >= 4 is 40.0 Å². The Hall–Kier alpha value is -2.65. The van der Waals surface area contributed by atoms with Gasteiger partial charge in [-0.15, -0.1) is 21.5 Å². The Morgan fingerprint density at radius 1 is 1.27 bits per heavy atom. The van der Waals surface area contributed by atoms with Crippen molar-refractivity contribution in [3.8, 4) is 5.69 Å². The number of esters is 1. The van der Waals surface area contributed by atoms with Crippen molar-refractivity contribution in [3.05, 3.63) is 51.7 Å². The molecule has 1 aliphatic carbocycles. The average molecular weight is 443 g/mol. The summed E-state index contributed by atoms with van der Waals surface area (Å²) in [6.45, 7) is 3.91. The third-order valence-electron chi connectivity index (χ3n) is 4.95. The second-order valence-corrected chi connectivity index (χ2v) is 9.14. The first-order valence-corrected chi connectivity index (χ1v) is 11.4. The molecule has 0 spiro atoms. The van der Waals surface area contributed by atoms with Crippen molar-refractivity contribution in [1.82, 2.24) is 14.8 Å². The molecule has 0 fully saturated rings. The van der Waals surface area contributed by atoms with E-state index < -0.39 is 5.97 Å². The van der Waals surface area contributed by atoms with E-state index in [-0.39, 0.29) is 11.7 Å². The SMILES string of the molecule is COC(=O)c1c(NC(=O)CSc2nnc(C)n2-c2cccc(C)c2)sc2c1CCC2. The van der Waals surface area contributed by atoms with E-state index in [9.17, 15) is 9.59 Å². The van der Waals surface area contributed by atoms with Crippen LogP contribution in [0.1, 0.15) is 38.6 Å². The second kappa shape index (κ2) is 8.61. The molecular formula is C21H22N4O3S2.